The second kappa shape index (κ2) is 5.97. The van der Waals surface area contributed by atoms with Crippen molar-refractivity contribution in [3.63, 3.8) is 0 Å². The molecule has 100 valence electrons. The molecule has 1 amide bonds. The summed E-state index contributed by atoms with van der Waals surface area (Å²) >= 11 is 0. The van der Waals surface area contributed by atoms with E-state index in [1.165, 1.54) is 0 Å². The number of hydrogen-bond acceptors (Lipinski definition) is 5. The van der Waals surface area contributed by atoms with Gasteiger partial charge < -0.3 is 19.5 Å². The van der Waals surface area contributed by atoms with Crippen LogP contribution in [0.2, 0.25) is 0 Å². The van der Waals surface area contributed by atoms with E-state index in [1.54, 1.807) is 0 Å². The molecule has 6 nitrogen and oxygen atoms in total. The fourth-order valence-corrected chi connectivity index (χ4v) is 1.97. The number of rotatable bonds is 4. The molecular formula is C12H19N3O3. The highest BCUT2D eigenvalue weighted by molar-refractivity contribution is 5.78. The molecular weight excluding hydrogens is 234 g/mol. The highest BCUT2D eigenvalue weighted by Gasteiger charge is 2.16. The zero-order valence-electron chi connectivity index (χ0n) is 10.9. The molecule has 0 unspecified atom stereocenters. The summed E-state index contributed by atoms with van der Waals surface area (Å²) in [6.45, 7) is 7.36. The van der Waals surface area contributed by atoms with Gasteiger partial charge in [-0.3, -0.25) is 4.79 Å². The number of nitrogens with one attached hydrogen (secondary N) is 1. The number of nitrogens with zero attached hydrogens (tertiary/aromatic N) is 2. The number of aryl methyl sites for hydroxylation is 2. The Balaban J connectivity index is 1.76. The van der Waals surface area contributed by atoms with Crippen LogP contribution in [-0.2, 0) is 16.1 Å². The minimum absolute atomic E-state index is 0.116. The van der Waals surface area contributed by atoms with Crippen molar-refractivity contribution in [3.05, 3.63) is 17.0 Å². The first kappa shape index (κ1) is 13.0. The van der Waals surface area contributed by atoms with Gasteiger partial charge in [0.25, 0.3) is 0 Å². The van der Waals surface area contributed by atoms with E-state index >= 15 is 0 Å². The molecule has 1 aromatic rings. The van der Waals surface area contributed by atoms with Gasteiger partial charge in [0.05, 0.1) is 25.5 Å². The van der Waals surface area contributed by atoms with Crippen LogP contribution in [0.3, 0.4) is 0 Å². The molecule has 6 heteroatoms. The molecule has 0 bridgehead atoms. The maximum Gasteiger partial charge on any atom is 0.236 e. The van der Waals surface area contributed by atoms with Crippen LogP contribution in [-0.4, -0.2) is 48.8 Å². The predicted molar refractivity (Wildman–Crippen MR) is 65.1 cm³/mol. The van der Waals surface area contributed by atoms with E-state index in [9.17, 15) is 4.79 Å². The minimum atomic E-state index is 0.116. The van der Waals surface area contributed by atoms with Crippen LogP contribution in [0.25, 0.3) is 0 Å². The largest absolute Gasteiger partial charge is 0.378 e. The molecule has 1 aromatic heterocycles. The molecule has 18 heavy (non-hydrogen) atoms. The van der Waals surface area contributed by atoms with Gasteiger partial charge in [-0.2, -0.15) is 0 Å². The predicted octanol–water partition coefficient (Wildman–Crippen LogP) is 0.240. The van der Waals surface area contributed by atoms with E-state index in [1.807, 2.05) is 18.7 Å². The monoisotopic (exact) mass is 253 g/mol. The quantitative estimate of drug-likeness (QED) is 0.832. The van der Waals surface area contributed by atoms with Gasteiger partial charge in [0.2, 0.25) is 5.91 Å². The maximum absolute atomic E-state index is 11.9. The number of amides is 1. The van der Waals surface area contributed by atoms with E-state index in [0.717, 1.165) is 17.0 Å². The van der Waals surface area contributed by atoms with Crippen molar-refractivity contribution in [1.82, 2.24) is 15.4 Å². The Kier molecular flexibility index (Phi) is 4.33. The number of aromatic nitrogens is 1. The molecule has 0 atom stereocenters. The number of carbonyl (C=O) groups is 1. The van der Waals surface area contributed by atoms with Crippen LogP contribution in [0.4, 0.5) is 0 Å². The topological polar surface area (TPSA) is 67.6 Å². The molecule has 1 aliphatic heterocycles. The molecule has 1 N–H and O–H groups in total. The van der Waals surface area contributed by atoms with Gasteiger partial charge in [-0.1, -0.05) is 5.16 Å². The molecule has 0 aromatic carbocycles. The van der Waals surface area contributed by atoms with E-state index < -0.39 is 0 Å². The first-order valence-corrected chi connectivity index (χ1v) is 6.16. The summed E-state index contributed by atoms with van der Waals surface area (Å²) in [5.74, 6) is 0.920. The lowest BCUT2D eigenvalue weighted by Gasteiger charge is -2.26. The molecule has 1 saturated heterocycles. The third-order valence-electron chi connectivity index (χ3n) is 3.12. The first-order chi connectivity index (χ1) is 8.68. The molecule has 0 saturated carbocycles. The SMILES string of the molecule is Cc1noc(C)c1CNCC(=O)N1CCOCC1. The molecule has 0 aliphatic carbocycles. The van der Waals surface area contributed by atoms with Crippen molar-refractivity contribution in [3.8, 4) is 0 Å². The van der Waals surface area contributed by atoms with Gasteiger partial charge >= 0.3 is 0 Å². The van der Waals surface area contributed by atoms with Crippen LogP contribution < -0.4 is 5.32 Å². The molecule has 1 aliphatic rings. The second-order valence-electron chi connectivity index (χ2n) is 4.40. The number of carbonyl (C=O) groups excluding carboxylic acids is 1. The fraction of sp³-hybridized carbons (Fsp3) is 0.667. The van der Waals surface area contributed by atoms with E-state index in [4.69, 9.17) is 9.26 Å². The Labute approximate surface area is 106 Å². The number of ether oxygens (including phenoxy) is 1. The third kappa shape index (κ3) is 3.08. The van der Waals surface area contributed by atoms with Crippen molar-refractivity contribution in [2.75, 3.05) is 32.8 Å². The first-order valence-electron chi connectivity index (χ1n) is 6.16. The maximum atomic E-state index is 11.9. The summed E-state index contributed by atoms with van der Waals surface area (Å²) in [4.78, 5) is 13.7. The van der Waals surface area contributed by atoms with E-state index in [0.29, 0.717) is 39.4 Å². The number of morpholine rings is 1. The van der Waals surface area contributed by atoms with E-state index in [2.05, 4.69) is 10.5 Å². The zero-order chi connectivity index (χ0) is 13.0. The van der Waals surface area contributed by atoms with Gasteiger partial charge in [-0.05, 0) is 13.8 Å². The second-order valence-corrected chi connectivity index (χ2v) is 4.40. The normalized spacial score (nSPS) is 16.0. The Morgan fingerprint density at radius 1 is 1.39 bits per heavy atom. The van der Waals surface area contributed by atoms with Gasteiger partial charge in [0, 0.05) is 25.2 Å². The Morgan fingerprint density at radius 3 is 2.72 bits per heavy atom. The third-order valence-corrected chi connectivity index (χ3v) is 3.12. The van der Waals surface area contributed by atoms with Crippen LogP contribution in [0.5, 0.6) is 0 Å². The molecule has 0 spiro atoms. The smallest absolute Gasteiger partial charge is 0.236 e. The zero-order valence-corrected chi connectivity index (χ0v) is 10.9. The van der Waals surface area contributed by atoms with Crippen LogP contribution in [0, 0.1) is 13.8 Å². The highest BCUT2D eigenvalue weighted by atomic mass is 16.5. The summed E-state index contributed by atoms with van der Waals surface area (Å²) in [5, 5.41) is 7.01. The average molecular weight is 253 g/mol. The van der Waals surface area contributed by atoms with Crippen molar-refractivity contribution >= 4 is 5.91 Å². The number of hydrogen-bond donors (Lipinski definition) is 1. The average Bonchev–Trinajstić information content (AvgIpc) is 2.71. The van der Waals surface area contributed by atoms with Crippen LogP contribution in [0.1, 0.15) is 17.0 Å². The lowest BCUT2D eigenvalue weighted by Crippen LogP contribution is -2.44. The summed E-state index contributed by atoms with van der Waals surface area (Å²) in [7, 11) is 0. The summed E-state index contributed by atoms with van der Waals surface area (Å²) < 4.78 is 10.3. The van der Waals surface area contributed by atoms with Crippen molar-refractivity contribution in [2.45, 2.75) is 20.4 Å². The summed E-state index contributed by atoms with van der Waals surface area (Å²) in [6.07, 6.45) is 0. The Hall–Kier alpha value is -1.40. The summed E-state index contributed by atoms with van der Waals surface area (Å²) in [6, 6.07) is 0. The molecule has 0 radical (unpaired) electrons. The Bertz CT molecular complexity index is 391. The van der Waals surface area contributed by atoms with Crippen molar-refractivity contribution in [2.24, 2.45) is 0 Å². The lowest BCUT2D eigenvalue weighted by atomic mass is 10.2. The van der Waals surface area contributed by atoms with Crippen LogP contribution in [0.15, 0.2) is 4.52 Å². The van der Waals surface area contributed by atoms with E-state index in [-0.39, 0.29) is 5.91 Å². The van der Waals surface area contributed by atoms with Gasteiger partial charge in [0.1, 0.15) is 5.76 Å². The highest BCUT2D eigenvalue weighted by Crippen LogP contribution is 2.11. The summed E-state index contributed by atoms with van der Waals surface area (Å²) in [5.41, 5.74) is 1.91. The van der Waals surface area contributed by atoms with Gasteiger partial charge in [-0.25, -0.2) is 0 Å². The molecule has 1 fully saturated rings. The van der Waals surface area contributed by atoms with Crippen molar-refractivity contribution in [1.29, 1.82) is 0 Å². The molecule has 2 heterocycles. The van der Waals surface area contributed by atoms with Crippen molar-refractivity contribution < 1.29 is 14.1 Å². The van der Waals surface area contributed by atoms with Gasteiger partial charge in [0.15, 0.2) is 0 Å². The molecule has 2 rings (SSSR count). The Morgan fingerprint density at radius 2 is 2.11 bits per heavy atom. The van der Waals surface area contributed by atoms with Gasteiger partial charge in [-0.15, -0.1) is 0 Å². The lowest BCUT2D eigenvalue weighted by molar-refractivity contribution is -0.134. The standard InChI is InChI=1S/C12H19N3O3/c1-9-11(10(2)18-14-9)7-13-8-12(16)15-3-5-17-6-4-15/h13H,3-8H2,1-2H3. The minimum Gasteiger partial charge on any atom is -0.378 e. The van der Waals surface area contributed by atoms with Crippen LogP contribution >= 0.6 is 0 Å². The fourth-order valence-electron chi connectivity index (χ4n) is 1.97.